The van der Waals surface area contributed by atoms with E-state index < -0.39 is 0 Å². The number of hydrogen-bond donors (Lipinski definition) is 0. The molecule has 0 aliphatic carbocycles. The summed E-state index contributed by atoms with van der Waals surface area (Å²) in [6.45, 7) is 0. The van der Waals surface area contributed by atoms with Gasteiger partial charge in [0.1, 0.15) is 16.7 Å². The zero-order chi connectivity index (χ0) is 33.5. The molecule has 51 heavy (non-hydrogen) atoms. The smallest absolute Gasteiger partial charge is 0.228 e. The standard InChI is InChI=1S/C47H28N2O2/c1-3-12-34-30(10-1)20-25-37-36(34)24-21-31-19-22-32(27-40(31)37)49(42-16-7-11-29-9-2-4-13-35(29)42)33-23-26-38-45(28-33)50-44-18-8-14-39(46(38)44)47-48-41-15-5-6-17-43(41)51-47/h1-28H. The zero-order valence-corrected chi connectivity index (χ0v) is 27.4. The normalized spacial score (nSPS) is 11.9. The molecule has 4 heteroatoms. The SMILES string of the molecule is c1ccc2c(N(c3ccc4c(c3)oc3cccc(-c5nc6ccccc6o5)c34)c3ccc4ccc5c6ccccc6ccc5c4c3)cccc2c1. The fraction of sp³-hybridized carbons (Fsp3) is 0. The summed E-state index contributed by atoms with van der Waals surface area (Å²) in [6, 6.07) is 60.0. The Morgan fingerprint density at radius 3 is 1.90 bits per heavy atom. The minimum atomic E-state index is 0.585. The van der Waals surface area contributed by atoms with E-state index in [1.807, 2.05) is 36.4 Å². The lowest BCUT2D eigenvalue weighted by molar-refractivity contribution is 0.620. The van der Waals surface area contributed by atoms with Crippen molar-refractivity contribution in [1.29, 1.82) is 0 Å². The van der Waals surface area contributed by atoms with E-state index in [4.69, 9.17) is 13.8 Å². The number of anilines is 3. The van der Waals surface area contributed by atoms with Crippen molar-refractivity contribution in [3.8, 4) is 11.5 Å². The molecule has 0 radical (unpaired) electrons. The van der Waals surface area contributed by atoms with Crippen LogP contribution in [0.4, 0.5) is 17.1 Å². The number of oxazole rings is 1. The maximum atomic E-state index is 6.61. The maximum Gasteiger partial charge on any atom is 0.228 e. The fourth-order valence-electron chi connectivity index (χ4n) is 7.89. The first-order valence-electron chi connectivity index (χ1n) is 17.2. The first-order valence-corrected chi connectivity index (χ1v) is 17.2. The molecule has 0 atom stereocenters. The predicted molar refractivity (Wildman–Crippen MR) is 211 cm³/mol. The molecule has 9 aromatic carbocycles. The van der Waals surface area contributed by atoms with Crippen molar-refractivity contribution in [2.45, 2.75) is 0 Å². The monoisotopic (exact) mass is 652 g/mol. The van der Waals surface area contributed by atoms with Crippen molar-refractivity contribution in [3.63, 3.8) is 0 Å². The van der Waals surface area contributed by atoms with Crippen LogP contribution in [0.3, 0.4) is 0 Å². The molecular formula is C47H28N2O2. The van der Waals surface area contributed by atoms with E-state index >= 15 is 0 Å². The fourth-order valence-corrected chi connectivity index (χ4v) is 7.89. The molecule has 0 N–H and O–H groups in total. The average molecular weight is 653 g/mol. The van der Waals surface area contributed by atoms with Gasteiger partial charge in [0.05, 0.1) is 5.69 Å². The van der Waals surface area contributed by atoms with E-state index in [1.165, 1.54) is 43.1 Å². The first kappa shape index (κ1) is 28.0. The van der Waals surface area contributed by atoms with Gasteiger partial charge < -0.3 is 13.7 Å². The van der Waals surface area contributed by atoms with E-state index in [1.54, 1.807) is 0 Å². The third kappa shape index (κ3) is 4.30. The van der Waals surface area contributed by atoms with Gasteiger partial charge in [0, 0.05) is 39.2 Å². The van der Waals surface area contributed by atoms with Crippen LogP contribution in [0, 0.1) is 0 Å². The van der Waals surface area contributed by atoms with Crippen molar-refractivity contribution in [2.75, 3.05) is 4.90 Å². The number of rotatable bonds is 4. The first-order chi connectivity index (χ1) is 25.3. The van der Waals surface area contributed by atoms with Crippen LogP contribution in [-0.4, -0.2) is 4.98 Å². The highest BCUT2D eigenvalue weighted by atomic mass is 16.3. The molecule has 11 rings (SSSR count). The summed E-state index contributed by atoms with van der Waals surface area (Å²) in [5.74, 6) is 0.585. The van der Waals surface area contributed by atoms with Crippen molar-refractivity contribution < 1.29 is 8.83 Å². The summed E-state index contributed by atoms with van der Waals surface area (Å²) < 4.78 is 12.8. The maximum absolute atomic E-state index is 6.61. The molecule has 0 aliphatic heterocycles. The highest BCUT2D eigenvalue weighted by Gasteiger charge is 2.21. The van der Waals surface area contributed by atoms with Crippen molar-refractivity contribution >= 4 is 93.2 Å². The van der Waals surface area contributed by atoms with E-state index in [-0.39, 0.29) is 0 Å². The molecule has 238 valence electrons. The van der Waals surface area contributed by atoms with E-state index in [0.717, 1.165) is 55.7 Å². The van der Waals surface area contributed by atoms with Crippen LogP contribution in [0.15, 0.2) is 179 Å². The second kappa shape index (κ2) is 10.8. The highest BCUT2D eigenvalue weighted by molar-refractivity contribution is 6.18. The molecule has 11 aromatic rings. The number of furan rings is 1. The van der Waals surface area contributed by atoms with Gasteiger partial charge in [-0.1, -0.05) is 109 Å². The molecule has 2 heterocycles. The van der Waals surface area contributed by atoms with Crippen LogP contribution in [-0.2, 0) is 0 Å². The number of para-hydroxylation sites is 2. The summed E-state index contributed by atoms with van der Waals surface area (Å²) in [5.41, 5.74) is 7.28. The Hall–Kier alpha value is -6.91. The molecule has 0 aliphatic rings. The molecule has 0 bridgehead atoms. The van der Waals surface area contributed by atoms with Gasteiger partial charge in [-0.25, -0.2) is 4.98 Å². The lowest BCUT2D eigenvalue weighted by Crippen LogP contribution is -2.10. The van der Waals surface area contributed by atoms with Gasteiger partial charge in [-0.3, -0.25) is 0 Å². The van der Waals surface area contributed by atoms with Crippen LogP contribution in [0.1, 0.15) is 0 Å². The van der Waals surface area contributed by atoms with Crippen LogP contribution >= 0.6 is 0 Å². The Balaban J connectivity index is 1.14. The predicted octanol–water partition coefficient (Wildman–Crippen LogP) is 13.5. The largest absolute Gasteiger partial charge is 0.456 e. The Labute approximate surface area is 292 Å². The Kier molecular flexibility index (Phi) is 5.92. The van der Waals surface area contributed by atoms with Gasteiger partial charge in [0.25, 0.3) is 0 Å². The van der Waals surface area contributed by atoms with Crippen LogP contribution < -0.4 is 4.90 Å². The van der Waals surface area contributed by atoms with E-state index in [2.05, 4.69) is 138 Å². The van der Waals surface area contributed by atoms with Gasteiger partial charge in [-0.2, -0.15) is 0 Å². The van der Waals surface area contributed by atoms with Gasteiger partial charge in [0.2, 0.25) is 5.89 Å². The highest BCUT2D eigenvalue weighted by Crippen LogP contribution is 2.44. The van der Waals surface area contributed by atoms with E-state index in [9.17, 15) is 0 Å². The third-order valence-electron chi connectivity index (χ3n) is 10.3. The molecule has 0 spiro atoms. The van der Waals surface area contributed by atoms with Crippen LogP contribution in [0.2, 0.25) is 0 Å². The van der Waals surface area contributed by atoms with Gasteiger partial charge >= 0.3 is 0 Å². The molecule has 0 saturated carbocycles. The summed E-state index contributed by atoms with van der Waals surface area (Å²) >= 11 is 0. The summed E-state index contributed by atoms with van der Waals surface area (Å²) in [4.78, 5) is 7.18. The van der Waals surface area contributed by atoms with Gasteiger partial charge in [-0.15, -0.1) is 0 Å². The molecule has 0 saturated heterocycles. The number of fused-ring (bicyclic) bond motifs is 10. The number of aromatic nitrogens is 1. The van der Waals surface area contributed by atoms with Gasteiger partial charge in [0.15, 0.2) is 5.58 Å². The molecule has 2 aromatic heterocycles. The number of benzene rings is 9. The van der Waals surface area contributed by atoms with Gasteiger partial charge in [-0.05, 0) is 92.3 Å². The van der Waals surface area contributed by atoms with Crippen molar-refractivity contribution in [3.05, 3.63) is 170 Å². The molecule has 0 fully saturated rings. The van der Waals surface area contributed by atoms with Crippen LogP contribution in [0.5, 0.6) is 0 Å². The topological polar surface area (TPSA) is 42.4 Å². The lowest BCUT2D eigenvalue weighted by atomic mass is 9.96. The van der Waals surface area contributed by atoms with Crippen molar-refractivity contribution in [2.24, 2.45) is 0 Å². The Morgan fingerprint density at radius 2 is 1.02 bits per heavy atom. The van der Waals surface area contributed by atoms with Crippen molar-refractivity contribution in [1.82, 2.24) is 4.98 Å². The molecule has 0 amide bonds. The third-order valence-corrected chi connectivity index (χ3v) is 10.3. The Bertz CT molecular complexity index is 3130. The number of hydrogen-bond acceptors (Lipinski definition) is 4. The molecule has 0 unspecified atom stereocenters. The van der Waals surface area contributed by atoms with Crippen LogP contribution in [0.25, 0.3) is 87.6 Å². The summed E-state index contributed by atoms with van der Waals surface area (Å²) in [6.07, 6.45) is 0. The lowest BCUT2D eigenvalue weighted by Gasteiger charge is -2.27. The number of nitrogens with zero attached hydrogens (tertiary/aromatic N) is 2. The average Bonchev–Trinajstić information content (AvgIpc) is 3.79. The summed E-state index contributed by atoms with van der Waals surface area (Å²) in [5, 5.41) is 11.8. The Morgan fingerprint density at radius 1 is 0.392 bits per heavy atom. The minimum Gasteiger partial charge on any atom is -0.456 e. The minimum absolute atomic E-state index is 0.585. The second-order valence-electron chi connectivity index (χ2n) is 13.1. The van der Waals surface area contributed by atoms with E-state index in [0.29, 0.717) is 5.89 Å². The zero-order valence-electron chi connectivity index (χ0n) is 27.4. The molecule has 4 nitrogen and oxygen atoms in total. The summed E-state index contributed by atoms with van der Waals surface area (Å²) in [7, 11) is 0. The molecular weight excluding hydrogens is 625 g/mol. The quantitative estimate of drug-likeness (QED) is 0.177. The second-order valence-corrected chi connectivity index (χ2v) is 13.1.